The van der Waals surface area contributed by atoms with Crippen LogP contribution in [0.3, 0.4) is 0 Å². The lowest BCUT2D eigenvalue weighted by molar-refractivity contribution is -0.144. The van der Waals surface area contributed by atoms with Crippen molar-refractivity contribution in [2.75, 3.05) is 25.0 Å². The molecular formula is C44H76N8O11SSi2. The van der Waals surface area contributed by atoms with Crippen LogP contribution in [0.25, 0.3) is 0 Å². The molecule has 0 saturated carbocycles. The monoisotopic (exact) mass is 980 g/mol. The Labute approximate surface area is 392 Å². The van der Waals surface area contributed by atoms with Crippen LogP contribution in [0.15, 0.2) is 22.1 Å². The summed E-state index contributed by atoms with van der Waals surface area (Å²) < 4.78 is 53.9. The highest BCUT2D eigenvalue weighted by molar-refractivity contribution is 7.90. The molecule has 4 amide bonds. The Morgan fingerprint density at radius 2 is 1.45 bits per heavy atom. The molecule has 0 aliphatic carbocycles. The molecule has 5 heterocycles. The van der Waals surface area contributed by atoms with Gasteiger partial charge in [0.25, 0.3) is 10.1 Å². The molecule has 5 rings (SSSR count). The van der Waals surface area contributed by atoms with E-state index in [9.17, 15) is 32.4 Å². The molecule has 3 saturated heterocycles. The van der Waals surface area contributed by atoms with Gasteiger partial charge in [-0.2, -0.15) is 13.4 Å². The van der Waals surface area contributed by atoms with Crippen LogP contribution in [0.2, 0.25) is 36.3 Å². The number of ether oxygens (including phenoxy) is 1. The number of rotatable bonds is 14. The van der Waals surface area contributed by atoms with Gasteiger partial charge >= 0.3 is 5.69 Å². The molecule has 19 nitrogen and oxygen atoms in total. The van der Waals surface area contributed by atoms with E-state index in [0.717, 1.165) is 5.41 Å². The summed E-state index contributed by atoms with van der Waals surface area (Å²) in [4.78, 5) is 76.7. The van der Waals surface area contributed by atoms with Crippen molar-refractivity contribution in [3.8, 4) is 0 Å². The maximum absolute atomic E-state index is 14.3. The summed E-state index contributed by atoms with van der Waals surface area (Å²) in [7, 11) is -9.59. The Hall–Kier alpha value is -3.52. The number of amides is 4. The van der Waals surface area contributed by atoms with E-state index in [0.29, 0.717) is 37.8 Å². The van der Waals surface area contributed by atoms with Gasteiger partial charge in [0.1, 0.15) is 36.2 Å². The smallest absolute Gasteiger partial charge is 0.351 e. The summed E-state index contributed by atoms with van der Waals surface area (Å²) >= 11 is 0. The normalized spacial score (nSPS) is 26.9. The highest BCUT2D eigenvalue weighted by Gasteiger charge is 2.67. The third-order valence-electron chi connectivity index (χ3n) is 14.6. The lowest BCUT2D eigenvalue weighted by Crippen LogP contribution is -2.59. The summed E-state index contributed by atoms with van der Waals surface area (Å²) in [5, 5.41) is 5.92. The summed E-state index contributed by atoms with van der Waals surface area (Å²) in [6.07, 6.45) is -0.348. The minimum Gasteiger partial charge on any atom is -0.414 e. The average Bonchev–Trinajstić information content (AvgIpc) is 3.98. The standard InChI is InChI=1S/C44H76N8O11SSi2/c1-25(2)32(46)38(55)50-20-16-18-28(50)36(53)47-33(26(3)4)39(56)51-21-17-19-29(51)37(54)48-35-27(5)22-52(41(57)49-35)40-34(62-66(14,15)43(9,10)11)44(30(45)24-64(58,59)63-44)31(61-40)23-60-65(12,13)42(6,7)8/h22,24-26,28-29,31-34,40H,16-21,23,45-46H2,1-15H3,(H,47,53)(H,48,49,54,57)/t28-,29-,31+,32-,33-,34-,40+,44?/m0/s1. The number of aromatic nitrogens is 2. The Morgan fingerprint density at radius 1 is 0.909 bits per heavy atom. The number of anilines is 1. The highest BCUT2D eigenvalue weighted by atomic mass is 32.2. The molecule has 0 aromatic carbocycles. The van der Waals surface area contributed by atoms with E-state index in [1.807, 2.05) is 60.8 Å². The Morgan fingerprint density at radius 3 is 1.95 bits per heavy atom. The quantitative estimate of drug-likeness (QED) is 0.153. The second-order valence-corrected chi connectivity index (χ2v) is 33.1. The van der Waals surface area contributed by atoms with Gasteiger partial charge in [-0.05, 0) is 80.7 Å². The number of carbonyl (C=O) groups excluding carboxylic acids is 4. The van der Waals surface area contributed by atoms with Crippen LogP contribution in [0, 0.1) is 18.8 Å². The zero-order valence-electron chi connectivity index (χ0n) is 41.6. The number of nitrogens with one attached hydrogen (secondary N) is 2. The first-order valence-electron chi connectivity index (χ1n) is 23.2. The number of hydrogen-bond donors (Lipinski definition) is 4. The topological polar surface area (TPSA) is 257 Å². The molecule has 1 aromatic rings. The molecule has 3 fully saturated rings. The van der Waals surface area contributed by atoms with Crippen LogP contribution in [0.5, 0.6) is 0 Å². The second-order valence-electron chi connectivity index (χ2n) is 22.2. The van der Waals surface area contributed by atoms with Crippen LogP contribution in [0.1, 0.15) is 107 Å². The molecule has 6 N–H and O–H groups in total. The van der Waals surface area contributed by atoms with Gasteiger partial charge in [-0.3, -0.25) is 23.7 Å². The molecular weight excluding hydrogens is 905 g/mol. The van der Waals surface area contributed by atoms with Crippen LogP contribution in [0.4, 0.5) is 5.82 Å². The Bertz CT molecular complexity index is 2240. The third kappa shape index (κ3) is 10.5. The Balaban J connectivity index is 1.43. The lowest BCUT2D eigenvalue weighted by atomic mass is 9.89. The van der Waals surface area contributed by atoms with Gasteiger partial charge in [-0.25, -0.2) is 8.98 Å². The molecule has 8 atom stereocenters. The number of nitrogens with zero attached hydrogens (tertiary/aromatic N) is 4. The zero-order valence-corrected chi connectivity index (χ0v) is 44.5. The maximum Gasteiger partial charge on any atom is 0.351 e. The van der Waals surface area contributed by atoms with Crippen LogP contribution in [-0.2, 0) is 47.1 Å². The van der Waals surface area contributed by atoms with Gasteiger partial charge in [0.2, 0.25) is 23.6 Å². The van der Waals surface area contributed by atoms with Crippen molar-refractivity contribution in [1.82, 2.24) is 24.7 Å². The SMILES string of the molecule is Cc1cn([C@@H]2O[C@H](CO[Si](C)(C)C(C)(C)C)C3(OS(=O)(=O)C=C3N)[C@H]2O[Si](C)(C)C(C)(C)C)c(=O)nc1NC(=O)[C@@H]1CCCN1C(=O)[C@@H](NC(=O)[C@@H]1CCCN1C(=O)[C@@H](N)C(C)C)C(C)C. The predicted octanol–water partition coefficient (Wildman–Crippen LogP) is 3.80. The largest absolute Gasteiger partial charge is 0.414 e. The van der Waals surface area contributed by atoms with Gasteiger partial charge in [-0.1, -0.05) is 69.2 Å². The van der Waals surface area contributed by atoms with Gasteiger partial charge in [0, 0.05) is 24.8 Å². The number of aryl methyl sites for hydroxylation is 1. The molecule has 0 radical (unpaired) electrons. The molecule has 0 bridgehead atoms. The van der Waals surface area contributed by atoms with E-state index in [1.165, 1.54) is 20.6 Å². The van der Waals surface area contributed by atoms with Crippen molar-refractivity contribution in [2.45, 2.75) is 186 Å². The maximum atomic E-state index is 14.3. The predicted molar refractivity (Wildman–Crippen MR) is 255 cm³/mol. The molecule has 1 aromatic heterocycles. The fourth-order valence-electron chi connectivity index (χ4n) is 8.31. The molecule has 372 valence electrons. The van der Waals surface area contributed by atoms with E-state index in [1.54, 1.807) is 20.8 Å². The number of likely N-dealkylation sites (tertiary alicyclic amines) is 2. The third-order valence-corrected chi connectivity index (χ3v) is 24.6. The molecule has 4 aliphatic heterocycles. The van der Waals surface area contributed by atoms with Gasteiger partial charge in [0.05, 0.1) is 23.8 Å². The fourth-order valence-corrected chi connectivity index (χ4v) is 11.8. The van der Waals surface area contributed by atoms with Crippen LogP contribution in [-0.4, -0.2) is 130 Å². The minimum atomic E-state index is -4.31. The zero-order chi connectivity index (χ0) is 49.9. The molecule has 66 heavy (non-hydrogen) atoms. The average molecular weight is 981 g/mol. The summed E-state index contributed by atoms with van der Waals surface area (Å²) in [5.41, 5.74) is 10.3. The molecule has 1 spiro atoms. The summed E-state index contributed by atoms with van der Waals surface area (Å²) in [5.74, 6) is -2.30. The van der Waals surface area contributed by atoms with E-state index in [2.05, 4.69) is 36.4 Å². The first-order chi connectivity index (χ1) is 30.2. The molecule has 4 aliphatic rings. The van der Waals surface area contributed by atoms with Crippen LogP contribution >= 0.6 is 0 Å². The van der Waals surface area contributed by atoms with E-state index in [4.69, 9.17) is 29.2 Å². The van der Waals surface area contributed by atoms with E-state index < -0.39 is 98.4 Å². The second kappa shape index (κ2) is 19.1. The van der Waals surface area contributed by atoms with Gasteiger partial charge < -0.3 is 45.5 Å². The minimum absolute atomic E-state index is 0.0497. The first-order valence-corrected chi connectivity index (χ1v) is 30.4. The van der Waals surface area contributed by atoms with Crippen molar-refractivity contribution in [1.29, 1.82) is 0 Å². The number of carbonyl (C=O) groups is 4. The van der Waals surface area contributed by atoms with E-state index >= 15 is 0 Å². The molecule has 1 unspecified atom stereocenters. The van der Waals surface area contributed by atoms with Crippen molar-refractivity contribution in [3.05, 3.63) is 33.3 Å². The number of nitrogens with two attached hydrogens (primary N) is 2. The molecule has 22 heteroatoms. The van der Waals surface area contributed by atoms with Crippen molar-refractivity contribution >= 4 is 56.2 Å². The fraction of sp³-hybridized carbons (Fsp3) is 0.773. The van der Waals surface area contributed by atoms with Gasteiger partial charge in [0.15, 0.2) is 28.5 Å². The highest BCUT2D eigenvalue weighted by Crippen LogP contribution is 2.52. The van der Waals surface area contributed by atoms with Crippen molar-refractivity contribution < 1.29 is 45.4 Å². The van der Waals surface area contributed by atoms with Gasteiger partial charge in [-0.15, -0.1) is 0 Å². The summed E-state index contributed by atoms with van der Waals surface area (Å²) in [6, 6.07) is -3.45. The van der Waals surface area contributed by atoms with Crippen molar-refractivity contribution in [2.24, 2.45) is 23.3 Å². The summed E-state index contributed by atoms with van der Waals surface area (Å²) in [6.45, 7) is 29.8. The number of hydrogen-bond acceptors (Lipinski definition) is 14. The van der Waals surface area contributed by atoms with Crippen LogP contribution < -0.4 is 27.8 Å². The first kappa shape index (κ1) is 53.4. The Kier molecular flexibility index (Phi) is 15.5. The van der Waals surface area contributed by atoms with E-state index in [-0.39, 0.29) is 52.5 Å². The van der Waals surface area contributed by atoms with Crippen molar-refractivity contribution in [3.63, 3.8) is 0 Å². The lowest BCUT2D eigenvalue weighted by Gasteiger charge is -2.43.